The first kappa shape index (κ1) is 19.0. The molecular weight excluding hydrogens is 362 g/mol. The molecule has 0 saturated carbocycles. The van der Waals surface area contributed by atoms with E-state index in [0.29, 0.717) is 0 Å². The Bertz CT molecular complexity index is 221. The molecule has 0 aromatic carbocycles. The van der Waals surface area contributed by atoms with Crippen LogP contribution in [0.25, 0.3) is 6.08 Å². The molecule has 1 heterocycles. The maximum Gasteiger partial charge on any atom is 0.169 e. The van der Waals surface area contributed by atoms with Crippen LogP contribution in [0.4, 0.5) is 0 Å². The van der Waals surface area contributed by atoms with Crippen molar-refractivity contribution in [3.8, 4) is 0 Å². The minimum absolute atomic E-state index is 0. The molecule has 76 valence electrons. The molecule has 4 heteroatoms. The van der Waals surface area contributed by atoms with Crippen molar-refractivity contribution in [2.45, 2.75) is 13.5 Å². The van der Waals surface area contributed by atoms with E-state index >= 15 is 0 Å². The van der Waals surface area contributed by atoms with Gasteiger partial charge in [0.15, 0.2) is 12.4 Å². The molecule has 0 fully saturated rings. The predicted molar refractivity (Wildman–Crippen MR) is 63.0 cm³/mol. The number of nitrogens with zero attached hydrogens (tertiary/aromatic N) is 1. The van der Waals surface area contributed by atoms with Crippen molar-refractivity contribution in [1.29, 1.82) is 0 Å². The zero-order chi connectivity index (χ0) is 7.40. The number of aryl methyl sites for hydroxylation is 1. The third-order valence-electron chi connectivity index (χ3n) is 1.52. The van der Waals surface area contributed by atoms with Crippen LogP contribution in [0.3, 0.4) is 0 Å². The van der Waals surface area contributed by atoms with Gasteiger partial charge in [0, 0.05) is 12.1 Å². The van der Waals surface area contributed by atoms with Crippen LogP contribution in [0.1, 0.15) is 12.5 Å². The third kappa shape index (κ3) is 6.41. The molecule has 0 atom stereocenters. The normalized spacial score (nSPS) is 7.15. The number of hydrogen-bond acceptors (Lipinski definition) is 0. The van der Waals surface area contributed by atoms with Gasteiger partial charge in [-0.15, -0.1) is 34.0 Å². The first-order valence-corrected chi connectivity index (χ1v) is 3.48. The van der Waals surface area contributed by atoms with E-state index in [1.165, 1.54) is 5.56 Å². The second-order valence-electron chi connectivity index (χ2n) is 2.17. The third-order valence-corrected chi connectivity index (χ3v) is 1.52. The molecule has 0 amide bonds. The summed E-state index contributed by atoms with van der Waals surface area (Å²) in [6.45, 7) is 6.82. The Kier molecular flexibility index (Phi) is 15.2. The zero-order valence-corrected chi connectivity index (χ0v) is 12.5. The van der Waals surface area contributed by atoms with Crippen LogP contribution in [0, 0.1) is 0 Å². The van der Waals surface area contributed by atoms with Crippen LogP contribution < -0.4 is 21.5 Å². The van der Waals surface area contributed by atoms with Crippen LogP contribution in [0.2, 0.25) is 0 Å². The highest BCUT2D eigenvalue weighted by Gasteiger charge is 1.92. The van der Waals surface area contributed by atoms with E-state index in [9.17, 15) is 0 Å². The quantitative estimate of drug-likeness (QED) is 0.630. The molecule has 0 saturated heterocycles. The highest BCUT2D eigenvalue weighted by Crippen LogP contribution is 1.94. The molecular formula is C9H14Br3N. The average molecular weight is 376 g/mol. The fourth-order valence-electron chi connectivity index (χ4n) is 0.816. The fourth-order valence-corrected chi connectivity index (χ4v) is 0.816. The summed E-state index contributed by atoms with van der Waals surface area (Å²) >= 11 is 0. The molecule has 0 bridgehead atoms. The van der Waals surface area contributed by atoms with Crippen molar-refractivity contribution < 1.29 is 21.5 Å². The minimum atomic E-state index is 0. The summed E-state index contributed by atoms with van der Waals surface area (Å²) in [7, 11) is 0. The van der Waals surface area contributed by atoms with Crippen molar-refractivity contribution in [2.24, 2.45) is 0 Å². The van der Waals surface area contributed by atoms with Gasteiger partial charge in [0.1, 0.15) is 6.54 Å². The van der Waals surface area contributed by atoms with E-state index in [2.05, 4.69) is 42.6 Å². The van der Waals surface area contributed by atoms with Crippen LogP contribution in [0.5, 0.6) is 0 Å². The smallest absolute Gasteiger partial charge is 0.169 e. The second kappa shape index (κ2) is 10.4. The highest BCUT2D eigenvalue weighted by molar-refractivity contribution is 8.93. The lowest BCUT2D eigenvalue weighted by Gasteiger charge is -1.90. The number of pyridine rings is 1. The van der Waals surface area contributed by atoms with Gasteiger partial charge in [-0.05, 0) is 12.5 Å². The van der Waals surface area contributed by atoms with E-state index in [4.69, 9.17) is 0 Å². The lowest BCUT2D eigenvalue weighted by molar-refractivity contribution is -0.693. The van der Waals surface area contributed by atoms with E-state index < -0.39 is 0 Å². The largest absolute Gasteiger partial charge is 1.00 e. The lowest BCUT2D eigenvalue weighted by Crippen LogP contribution is -3.00. The van der Waals surface area contributed by atoms with Gasteiger partial charge in [-0.1, -0.05) is 12.7 Å². The van der Waals surface area contributed by atoms with E-state index in [1.807, 2.05) is 6.08 Å². The topological polar surface area (TPSA) is 3.88 Å². The molecule has 13 heavy (non-hydrogen) atoms. The monoisotopic (exact) mass is 373 g/mol. The Labute approximate surface area is 111 Å². The van der Waals surface area contributed by atoms with Crippen LogP contribution in [-0.2, 0) is 6.54 Å². The molecule has 0 radical (unpaired) electrons. The summed E-state index contributed by atoms with van der Waals surface area (Å²) in [6.07, 6.45) is 5.95. The van der Waals surface area contributed by atoms with Crippen molar-refractivity contribution in [3.63, 3.8) is 0 Å². The number of hydrogen-bond donors (Lipinski definition) is 0. The van der Waals surface area contributed by atoms with Gasteiger partial charge in [0.25, 0.3) is 0 Å². The minimum Gasteiger partial charge on any atom is -1.00 e. The summed E-state index contributed by atoms with van der Waals surface area (Å²) in [5.41, 5.74) is 1.17. The summed E-state index contributed by atoms with van der Waals surface area (Å²) in [5, 5.41) is 0. The van der Waals surface area contributed by atoms with Crippen molar-refractivity contribution >= 4 is 40.0 Å². The highest BCUT2D eigenvalue weighted by atomic mass is 79.9. The SMILES string of the molecule is Br.Br.C=Cc1cc[n+](CC)cc1.[Br-]. The predicted octanol–water partition coefficient (Wildman–Crippen LogP) is -0.203. The Morgan fingerprint density at radius 1 is 1.31 bits per heavy atom. The van der Waals surface area contributed by atoms with Gasteiger partial charge in [-0.2, -0.15) is 0 Å². The molecule has 0 spiro atoms. The Hall–Kier alpha value is 0.330. The Balaban J connectivity index is -0.000000333. The number of halogens is 3. The van der Waals surface area contributed by atoms with E-state index in [-0.39, 0.29) is 50.9 Å². The van der Waals surface area contributed by atoms with Gasteiger partial charge in [-0.3, -0.25) is 0 Å². The van der Waals surface area contributed by atoms with Crippen molar-refractivity contribution in [3.05, 3.63) is 36.7 Å². The fraction of sp³-hybridized carbons (Fsp3) is 0.222. The molecule has 0 aliphatic rings. The molecule has 0 unspecified atom stereocenters. The molecule has 1 aromatic rings. The maximum absolute atomic E-state index is 3.68. The molecule has 0 N–H and O–H groups in total. The Morgan fingerprint density at radius 3 is 2.08 bits per heavy atom. The van der Waals surface area contributed by atoms with Gasteiger partial charge in [-0.25, -0.2) is 4.57 Å². The standard InChI is InChI=1S/C9H12N.3BrH/c1-3-9-5-7-10(4-2)8-6-9;;;/h3,5-8H,1,4H2,2H3;3*1H/q+1;;;/p-1. The van der Waals surface area contributed by atoms with Gasteiger partial charge in [0.05, 0.1) is 0 Å². The van der Waals surface area contributed by atoms with Crippen molar-refractivity contribution in [2.75, 3.05) is 0 Å². The summed E-state index contributed by atoms with van der Waals surface area (Å²) < 4.78 is 2.12. The van der Waals surface area contributed by atoms with Gasteiger partial charge in [0.2, 0.25) is 0 Å². The zero-order valence-electron chi connectivity index (χ0n) is 7.44. The first-order valence-electron chi connectivity index (χ1n) is 3.48. The summed E-state index contributed by atoms with van der Waals surface area (Å²) in [5.74, 6) is 0. The second-order valence-corrected chi connectivity index (χ2v) is 2.17. The van der Waals surface area contributed by atoms with Gasteiger partial charge >= 0.3 is 0 Å². The van der Waals surface area contributed by atoms with Crippen LogP contribution in [0.15, 0.2) is 31.1 Å². The molecule has 1 aromatic heterocycles. The summed E-state index contributed by atoms with van der Waals surface area (Å²) in [6, 6.07) is 4.10. The Morgan fingerprint density at radius 2 is 1.77 bits per heavy atom. The average Bonchev–Trinajstić information content (AvgIpc) is 2.05. The number of aromatic nitrogens is 1. The molecule has 1 rings (SSSR count). The van der Waals surface area contributed by atoms with E-state index in [0.717, 1.165) is 6.54 Å². The molecule has 0 aliphatic carbocycles. The lowest BCUT2D eigenvalue weighted by atomic mass is 10.3. The van der Waals surface area contributed by atoms with E-state index in [1.54, 1.807) is 0 Å². The summed E-state index contributed by atoms with van der Waals surface area (Å²) in [4.78, 5) is 0. The van der Waals surface area contributed by atoms with Gasteiger partial charge < -0.3 is 17.0 Å². The molecule has 0 aliphatic heterocycles. The van der Waals surface area contributed by atoms with Crippen molar-refractivity contribution in [1.82, 2.24) is 0 Å². The maximum atomic E-state index is 3.68. The number of rotatable bonds is 2. The molecule has 1 nitrogen and oxygen atoms in total. The van der Waals surface area contributed by atoms with Crippen LogP contribution >= 0.6 is 34.0 Å². The first-order chi connectivity index (χ1) is 4.86. The van der Waals surface area contributed by atoms with Crippen LogP contribution in [-0.4, -0.2) is 0 Å².